The Morgan fingerprint density at radius 2 is 0.929 bits per heavy atom. The highest BCUT2D eigenvalue weighted by Crippen LogP contribution is 2.52. The van der Waals surface area contributed by atoms with E-state index >= 15 is 0 Å². The van der Waals surface area contributed by atoms with E-state index in [9.17, 15) is 64.8 Å². The Balaban J connectivity index is 1.83. The monoisotopic (exact) mass is 689 g/mol. The predicted octanol–water partition coefficient (Wildman–Crippen LogP) is 4.34. The van der Waals surface area contributed by atoms with Gasteiger partial charge in [-0.2, -0.15) is 43.8 Å². The van der Waals surface area contributed by atoms with Gasteiger partial charge in [-0.05, 0) is 38.5 Å². The summed E-state index contributed by atoms with van der Waals surface area (Å²) >= 11 is 0. The summed E-state index contributed by atoms with van der Waals surface area (Å²) in [6.45, 7) is -1.60. The zero-order chi connectivity index (χ0) is 32.0. The molecule has 0 spiro atoms. The number of rotatable bonds is 10. The topological polar surface area (TPSA) is 121 Å². The maximum Gasteiger partial charge on any atom is 0.512 e. The molecule has 1 heterocycles. The summed E-state index contributed by atoms with van der Waals surface area (Å²) in [5.74, 6) is -7.40. The van der Waals surface area contributed by atoms with E-state index in [1.165, 1.54) is 0 Å². The molecule has 9 nitrogen and oxygen atoms in total. The molecule has 0 aromatic heterocycles. The number of halogens is 9. The van der Waals surface area contributed by atoms with Crippen LogP contribution in [0.1, 0.15) is 77.0 Å². The van der Waals surface area contributed by atoms with E-state index in [1.807, 2.05) is 0 Å². The van der Waals surface area contributed by atoms with Gasteiger partial charge in [0.15, 0.2) is 0 Å². The highest BCUT2D eigenvalue weighted by molar-refractivity contribution is 8.05. The van der Waals surface area contributed by atoms with E-state index < -0.39 is 69.2 Å². The van der Waals surface area contributed by atoms with Crippen LogP contribution in [0.25, 0.3) is 0 Å². The molecule has 21 heteroatoms. The Kier molecular flexibility index (Phi) is 10.3. The second kappa shape index (κ2) is 12.1. The highest BCUT2D eigenvalue weighted by atomic mass is 32.3. The lowest BCUT2D eigenvalue weighted by Gasteiger charge is -2.48. The molecule has 42 heavy (non-hydrogen) atoms. The Hall–Kier alpha value is -0.900. The van der Waals surface area contributed by atoms with Gasteiger partial charge in [0.25, 0.3) is 20.0 Å². The van der Waals surface area contributed by atoms with Crippen molar-refractivity contribution in [2.45, 2.75) is 117 Å². The van der Waals surface area contributed by atoms with Crippen LogP contribution in [0.4, 0.5) is 39.5 Å². The number of hydrogen-bond acceptors (Lipinski definition) is 7. The second-order valence-electron chi connectivity index (χ2n) is 10.8. The average molecular weight is 690 g/mol. The third-order valence-corrected chi connectivity index (χ3v) is 13.3. The molecule has 2 saturated carbocycles. The van der Waals surface area contributed by atoms with Crippen molar-refractivity contribution in [3.05, 3.63) is 0 Å². The zero-order valence-corrected chi connectivity index (χ0v) is 24.6. The van der Waals surface area contributed by atoms with Crippen LogP contribution in [-0.2, 0) is 30.1 Å². The van der Waals surface area contributed by atoms with Crippen LogP contribution in [0.3, 0.4) is 0 Å². The molecule has 0 aromatic rings. The van der Waals surface area contributed by atoms with Crippen LogP contribution < -0.4 is 4.13 Å². The van der Waals surface area contributed by atoms with Crippen molar-refractivity contribution in [1.29, 1.82) is 0 Å². The van der Waals surface area contributed by atoms with E-state index in [1.54, 1.807) is 0 Å². The van der Waals surface area contributed by atoms with Crippen LogP contribution in [0.2, 0.25) is 0 Å². The van der Waals surface area contributed by atoms with Gasteiger partial charge in [-0.25, -0.2) is 25.3 Å². The molecule has 3 fully saturated rings. The first-order valence-corrected chi connectivity index (χ1v) is 17.7. The second-order valence-corrected chi connectivity index (χ2v) is 16.4. The van der Waals surface area contributed by atoms with Gasteiger partial charge in [0.1, 0.15) is 0 Å². The van der Waals surface area contributed by atoms with Gasteiger partial charge in [-0.15, -0.1) is 0 Å². The Morgan fingerprint density at radius 1 is 0.548 bits per heavy atom. The van der Waals surface area contributed by atoms with Crippen molar-refractivity contribution >= 4 is 30.1 Å². The van der Waals surface area contributed by atoms with Crippen molar-refractivity contribution in [1.82, 2.24) is 13.3 Å². The molecule has 0 aromatic carbocycles. The molecule has 0 amide bonds. The number of sulfonamides is 3. The number of alkyl halides is 9. The Morgan fingerprint density at radius 3 is 1.31 bits per heavy atom. The van der Waals surface area contributed by atoms with Crippen LogP contribution in [-0.4, -0.2) is 87.6 Å². The fourth-order valence-corrected chi connectivity index (χ4v) is 9.89. The van der Waals surface area contributed by atoms with Crippen LogP contribution in [0.15, 0.2) is 0 Å². The van der Waals surface area contributed by atoms with Gasteiger partial charge in [-0.1, -0.05) is 42.7 Å². The molecule has 3 aliphatic rings. The molecular formula is C21H32F9N3O6S3. The summed E-state index contributed by atoms with van der Waals surface area (Å²) in [5, 5.41) is -14.2. The summed E-state index contributed by atoms with van der Waals surface area (Å²) in [6.07, 6.45) is 9.11. The maximum absolute atomic E-state index is 14.8. The SMILES string of the molecule is O=S(=O)(NS(=O)(=O)C(F)(F)C(F)(F)C(F)(F)S(=O)(=O)N1CCC(N(C2CCCCC2)C2CCCCC2)CC1)C(F)(F)F. The Bertz CT molecular complexity index is 1260. The minimum Gasteiger partial charge on any atom is -0.294 e. The molecule has 0 bridgehead atoms. The number of piperidine rings is 1. The quantitative estimate of drug-likeness (QED) is 0.339. The number of nitrogens with one attached hydrogen (secondary N) is 1. The molecule has 0 unspecified atom stereocenters. The smallest absolute Gasteiger partial charge is 0.294 e. The lowest BCUT2D eigenvalue weighted by atomic mass is 9.86. The molecule has 3 rings (SSSR count). The van der Waals surface area contributed by atoms with Crippen molar-refractivity contribution in [3.8, 4) is 0 Å². The average Bonchev–Trinajstić information content (AvgIpc) is 2.89. The van der Waals surface area contributed by atoms with Gasteiger partial charge in [0.2, 0.25) is 0 Å². The van der Waals surface area contributed by atoms with E-state index in [4.69, 9.17) is 0 Å². The van der Waals surface area contributed by atoms with E-state index in [-0.39, 0.29) is 35.3 Å². The van der Waals surface area contributed by atoms with Gasteiger partial charge in [-0.3, -0.25) is 4.90 Å². The van der Waals surface area contributed by atoms with Crippen molar-refractivity contribution < 1.29 is 64.8 Å². The standard InChI is InChI=1S/C21H32F9N3O6S3/c22-18(23,19(24,25)40(34,35)31-41(36,37)21(28,29)30)20(26,27)42(38,39)32-13-11-17(12-14-32)33(15-7-3-1-4-8-15)16-9-5-2-6-10-16/h15-17,31H,1-14H2. The van der Waals surface area contributed by atoms with Crippen molar-refractivity contribution in [3.63, 3.8) is 0 Å². The lowest BCUT2D eigenvalue weighted by molar-refractivity contribution is -0.245. The van der Waals surface area contributed by atoms with E-state index in [0.29, 0.717) is 0 Å². The minimum absolute atomic E-state index is 0.117. The normalized spacial score (nSPS) is 23.0. The molecule has 1 saturated heterocycles. The summed E-state index contributed by atoms with van der Waals surface area (Å²) in [4.78, 5) is 2.25. The first kappa shape index (κ1) is 35.6. The highest BCUT2D eigenvalue weighted by Gasteiger charge is 2.83. The van der Waals surface area contributed by atoms with Crippen LogP contribution in [0.5, 0.6) is 0 Å². The van der Waals surface area contributed by atoms with Crippen molar-refractivity contribution in [2.75, 3.05) is 13.1 Å². The first-order chi connectivity index (χ1) is 19.0. The molecule has 248 valence electrons. The largest absolute Gasteiger partial charge is 0.512 e. The molecule has 2 aliphatic carbocycles. The Labute approximate surface area is 238 Å². The minimum atomic E-state index is -7.79. The van der Waals surface area contributed by atoms with Gasteiger partial charge in [0.05, 0.1) is 0 Å². The van der Waals surface area contributed by atoms with E-state index in [2.05, 4.69) is 4.90 Å². The fourth-order valence-electron chi connectivity index (χ4n) is 5.94. The third-order valence-electron chi connectivity index (χ3n) is 8.09. The summed E-state index contributed by atoms with van der Waals surface area (Å²) in [7, 11) is -21.8. The molecule has 0 radical (unpaired) electrons. The van der Waals surface area contributed by atoms with Crippen LogP contribution in [0, 0.1) is 0 Å². The molecule has 0 atom stereocenters. The first-order valence-electron chi connectivity index (χ1n) is 13.3. The third kappa shape index (κ3) is 6.41. The van der Waals surface area contributed by atoms with Gasteiger partial charge >= 0.3 is 32.0 Å². The predicted molar refractivity (Wildman–Crippen MR) is 131 cm³/mol. The fraction of sp³-hybridized carbons (Fsp3) is 1.00. The summed E-state index contributed by atoms with van der Waals surface area (Å²) < 4.78 is 194. The summed E-state index contributed by atoms with van der Waals surface area (Å²) in [5.41, 5.74) is -6.62. The lowest BCUT2D eigenvalue weighted by Crippen LogP contribution is -2.66. The van der Waals surface area contributed by atoms with Crippen molar-refractivity contribution in [2.24, 2.45) is 0 Å². The van der Waals surface area contributed by atoms with E-state index in [0.717, 1.165) is 64.2 Å². The van der Waals surface area contributed by atoms with Crippen LogP contribution >= 0.6 is 0 Å². The summed E-state index contributed by atoms with van der Waals surface area (Å²) in [6, 6.07) is -0.0364. The van der Waals surface area contributed by atoms with Gasteiger partial charge < -0.3 is 0 Å². The molecule has 1 aliphatic heterocycles. The van der Waals surface area contributed by atoms with Gasteiger partial charge in [0, 0.05) is 31.2 Å². The number of nitrogens with zero attached hydrogens (tertiary/aromatic N) is 2. The maximum atomic E-state index is 14.8. The molecule has 1 N–H and O–H groups in total. The molecular weight excluding hydrogens is 657 g/mol. The zero-order valence-electron chi connectivity index (χ0n) is 22.1. The number of hydrogen-bond donors (Lipinski definition) is 1.